The van der Waals surface area contributed by atoms with Gasteiger partial charge in [0.05, 0.1) is 11.8 Å². The lowest BCUT2D eigenvalue weighted by Gasteiger charge is -2.44. The second-order valence-electron chi connectivity index (χ2n) is 7.31. The molecule has 0 aromatic carbocycles. The molecule has 2 atom stereocenters. The predicted octanol–water partition coefficient (Wildman–Crippen LogP) is 1.71. The number of anilines is 1. The molecular formula is C19H26N6O2. The number of amides is 2. The minimum absolute atomic E-state index is 0.0201. The monoisotopic (exact) mass is 370 g/mol. The number of nitrogens with zero attached hydrogens (tertiary/aromatic N) is 4. The molecule has 2 amide bonds. The average molecular weight is 370 g/mol. The van der Waals surface area contributed by atoms with E-state index in [1.165, 1.54) is 6.08 Å². The van der Waals surface area contributed by atoms with Crippen molar-refractivity contribution in [2.45, 2.75) is 45.8 Å². The van der Waals surface area contributed by atoms with Crippen molar-refractivity contribution in [3.8, 4) is 0 Å². The summed E-state index contributed by atoms with van der Waals surface area (Å²) in [5.74, 6) is 0.463. The Morgan fingerprint density at radius 3 is 2.59 bits per heavy atom. The molecule has 1 aliphatic heterocycles. The molecule has 0 saturated carbocycles. The van der Waals surface area contributed by atoms with Crippen LogP contribution in [0.1, 0.15) is 38.1 Å². The van der Waals surface area contributed by atoms with E-state index in [1.54, 1.807) is 12.4 Å². The van der Waals surface area contributed by atoms with Crippen LogP contribution in [-0.4, -0.2) is 62.9 Å². The zero-order valence-corrected chi connectivity index (χ0v) is 16.2. The van der Waals surface area contributed by atoms with E-state index in [-0.39, 0.29) is 29.9 Å². The lowest BCUT2D eigenvalue weighted by Crippen LogP contribution is -2.58. The molecule has 0 radical (unpaired) electrons. The van der Waals surface area contributed by atoms with Gasteiger partial charge in [0.15, 0.2) is 5.65 Å². The Morgan fingerprint density at radius 1 is 1.33 bits per heavy atom. The second-order valence-corrected chi connectivity index (χ2v) is 7.31. The van der Waals surface area contributed by atoms with E-state index < -0.39 is 0 Å². The number of carbonyl (C=O) groups is 2. The van der Waals surface area contributed by atoms with Crippen LogP contribution in [0.3, 0.4) is 0 Å². The summed E-state index contributed by atoms with van der Waals surface area (Å²) in [6.45, 7) is 12.7. The van der Waals surface area contributed by atoms with Crippen molar-refractivity contribution in [1.29, 1.82) is 0 Å². The van der Waals surface area contributed by atoms with Gasteiger partial charge in [-0.1, -0.05) is 6.58 Å². The lowest BCUT2D eigenvalue weighted by molar-refractivity contribution is -0.130. The Kier molecular flexibility index (Phi) is 5.16. The van der Waals surface area contributed by atoms with E-state index >= 15 is 0 Å². The molecule has 1 saturated heterocycles. The minimum Gasteiger partial charge on any atom is -0.351 e. The molecule has 0 bridgehead atoms. The van der Waals surface area contributed by atoms with Gasteiger partial charge < -0.3 is 20.1 Å². The van der Waals surface area contributed by atoms with Gasteiger partial charge in [-0.25, -0.2) is 9.97 Å². The van der Waals surface area contributed by atoms with Gasteiger partial charge in [-0.05, 0) is 33.8 Å². The van der Waals surface area contributed by atoms with E-state index in [4.69, 9.17) is 4.98 Å². The number of aromatic nitrogens is 3. The fourth-order valence-corrected chi connectivity index (χ4v) is 3.60. The van der Waals surface area contributed by atoms with E-state index in [9.17, 15) is 9.59 Å². The van der Waals surface area contributed by atoms with Crippen molar-refractivity contribution < 1.29 is 9.59 Å². The van der Waals surface area contributed by atoms with Crippen LogP contribution in [0.2, 0.25) is 0 Å². The van der Waals surface area contributed by atoms with Crippen LogP contribution in [0.25, 0.3) is 11.2 Å². The molecular weight excluding hydrogens is 344 g/mol. The quantitative estimate of drug-likeness (QED) is 0.799. The molecule has 3 heterocycles. The van der Waals surface area contributed by atoms with Crippen LogP contribution in [0, 0.1) is 0 Å². The van der Waals surface area contributed by atoms with Gasteiger partial charge in [-0.15, -0.1) is 0 Å². The highest BCUT2D eigenvalue weighted by Crippen LogP contribution is 2.23. The van der Waals surface area contributed by atoms with Gasteiger partial charge in [0.1, 0.15) is 11.3 Å². The third-order valence-corrected chi connectivity index (χ3v) is 4.70. The van der Waals surface area contributed by atoms with Crippen LogP contribution in [-0.2, 0) is 4.79 Å². The first-order chi connectivity index (χ1) is 12.8. The summed E-state index contributed by atoms with van der Waals surface area (Å²) in [5.41, 5.74) is 1.61. The largest absolute Gasteiger partial charge is 0.351 e. The van der Waals surface area contributed by atoms with Crippen molar-refractivity contribution >= 4 is 28.8 Å². The molecule has 0 aliphatic carbocycles. The molecule has 2 aromatic rings. The van der Waals surface area contributed by atoms with Crippen molar-refractivity contribution in [2.24, 2.45) is 0 Å². The molecule has 27 heavy (non-hydrogen) atoms. The Labute approximate surface area is 158 Å². The first-order valence-electron chi connectivity index (χ1n) is 9.16. The number of carbonyl (C=O) groups excluding carboxylic acids is 2. The Balaban J connectivity index is 1.88. The molecule has 144 valence electrons. The maximum Gasteiger partial charge on any atom is 0.255 e. The van der Waals surface area contributed by atoms with Gasteiger partial charge in [-0.3, -0.25) is 9.59 Å². The SMILES string of the molecule is C=CC(=O)N1C(C)CN(c2cnc3[nH]cc(C(=O)NC(C)C)c3n2)CC1C. The van der Waals surface area contributed by atoms with E-state index in [0.717, 1.165) is 0 Å². The topological polar surface area (TPSA) is 94.2 Å². The van der Waals surface area contributed by atoms with Gasteiger partial charge in [0, 0.05) is 37.4 Å². The van der Waals surface area contributed by atoms with Crippen molar-refractivity contribution in [3.63, 3.8) is 0 Å². The van der Waals surface area contributed by atoms with E-state index in [0.29, 0.717) is 35.6 Å². The summed E-state index contributed by atoms with van der Waals surface area (Å²) in [4.78, 5) is 40.6. The molecule has 2 unspecified atom stereocenters. The average Bonchev–Trinajstić information content (AvgIpc) is 3.03. The third kappa shape index (κ3) is 3.65. The number of aromatic amines is 1. The van der Waals surface area contributed by atoms with Crippen LogP contribution >= 0.6 is 0 Å². The van der Waals surface area contributed by atoms with E-state index in [2.05, 4.69) is 26.8 Å². The Bertz CT molecular complexity index is 862. The molecule has 0 spiro atoms. The summed E-state index contributed by atoms with van der Waals surface area (Å²) in [6, 6.07) is 0.0779. The van der Waals surface area contributed by atoms with Crippen LogP contribution < -0.4 is 10.2 Å². The lowest BCUT2D eigenvalue weighted by atomic mass is 10.1. The number of rotatable bonds is 4. The first kappa shape index (κ1) is 18.9. The third-order valence-electron chi connectivity index (χ3n) is 4.70. The number of hydrogen-bond acceptors (Lipinski definition) is 5. The van der Waals surface area contributed by atoms with Crippen molar-refractivity contribution in [1.82, 2.24) is 25.2 Å². The maximum atomic E-state index is 12.4. The number of nitrogens with one attached hydrogen (secondary N) is 2. The molecule has 2 N–H and O–H groups in total. The first-order valence-corrected chi connectivity index (χ1v) is 9.16. The summed E-state index contributed by atoms with van der Waals surface area (Å²) in [5, 5.41) is 2.88. The van der Waals surface area contributed by atoms with Crippen LogP contribution in [0.15, 0.2) is 25.0 Å². The fourth-order valence-electron chi connectivity index (χ4n) is 3.60. The number of fused-ring (bicyclic) bond motifs is 1. The van der Waals surface area contributed by atoms with Gasteiger partial charge in [0.25, 0.3) is 5.91 Å². The van der Waals surface area contributed by atoms with Gasteiger partial charge in [-0.2, -0.15) is 0 Å². The second kappa shape index (κ2) is 7.38. The van der Waals surface area contributed by atoms with Crippen LogP contribution in [0.5, 0.6) is 0 Å². The molecule has 8 nitrogen and oxygen atoms in total. The maximum absolute atomic E-state index is 12.4. The fraction of sp³-hybridized carbons (Fsp3) is 0.474. The van der Waals surface area contributed by atoms with Gasteiger partial charge >= 0.3 is 0 Å². The molecule has 1 fully saturated rings. The highest BCUT2D eigenvalue weighted by atomic mass is 16.2. The summed E-state index contributed by atoms with van der Waals surface area (Å²) in [6.07, 6.45) is 4.69. The summed E-state index contributed by atoms with van der Waals surface area (Å²) in [7, 11) is 0. The predicted molar refractivity (Wildman–Crippen MR) is 105 cm³/mol. The van der Waals surface area contributed by atoms with Crippen molar-refractivity contribution in [2.75, 3.05) is 18.0 Å². The number of piperazine rings is 1. The standard InChI is InChI=1S/C19H26N6O2/c1-6-16(26)25-12(4)9-24(10-13(25)5)15-8-21-18-17(23-15)14(7-20-18)19(27)22-11(2)3/h6-8,11-13H,1,9-10H2,2-5H3,(H,20,21)(H,22,27). The number of hydrogen-bond donors (Lipinski definition) is 2. The van der Waals surface area contributed by atoms with E-state index in [1.807, 2.05) is 32.6 Å². The van der Waals surface area contributed by atoms with Crippen LogP contribution in [0.4, 0.5) is 5.82 Å². The summed E-state index contributed by atoms with van der Waals surface area (Å²) < 4.78 is 0. The zero-order chi connectivity index (χ0) is 19.7. The Hall–Kier alpha value is -2.90. The zero-order valence-electron chi connectivity index (χ0n) is 16.2. The van der Waals surface area contributed by atoms with Crippen molar-refractivity contribution in [3.05, 3.63) is 30.6 Å². The minimum atomic E-state index is -0.175. The highest BCUT2D eigenvalue weighted by molar-refractivity contribution is 6.04. The number of H-pyrrole nitrogens is 1. The Morgan fingerprint density at radius 2 is 2.00 bits per heavy atom. The van der Waals surface area contributed by atoms with Gasteiger partial charge in [0.2, 0.25) is 5.91 Å². The molecule has 2 aromatic heterocycles. The smallest absolute Gasteiger partial charge is 0.255 e. The highest BCUT2D eigenvalue weighted by Gasteiger charge is 2.32. The molecule has 1 aliphatic rings. The molecule has 8 heteroatoms. The normalized spacial score (nSPS) is 20.2. The molecule has 3 rings (SSSR count). The summed E-state index contributed by atoms with van der Waals surface area (Å²) >= 11 is 0.